The first kappa shape index (κ1) is 17.1. The molecule has 0 saturated carbocycles. The van der Waals surface area contributed by atoms with Crippen LogP contribution in [0, 0.1) is 0 Å². The molecular weight excluding hydrogens is 287 g/mol. The molecule has 8 heteroatoms. The number of nitrogens with two attached hydrogens (primary N) is 1. The maximum absolute atomic E-state index is 11.9. The first-order chi connectivity index (χ1) is 9.92. The van der Waals surface area contributed by atoms with Crippen molar-refractivity contribution in [3.05, 3.63) is 29.8 Å². The summed E-state index contributed by atoms with van der Waals surface area (Å²) in [7, 11) is 0. The molecule has 0 aromatic heterocycles. The summed E-state index contributed by atoms with van der Waals surface area (Å²) in [6.45, 7) is 1.10. The molecule has 4 N–H and O–H groups in total. The number of hydrogen-bond acceptors (Lipinski definition) is 4. The zero-order valence-corrected chi connectivity index (χ0v) is 11.4. The van der Waals surface area contributed by atoms with E-state index in [-0.39, 0.29) is 12.3 Å². The number of halogens is 3. The van der Waals surface area contributed by atoms with Gasteiger partial charge in [-0.1, -0.05) is 5.16 Å². The quantitative estimate of drug-likeness (QED) is 0.226. The molecular formula is C13H18F3N3O2. The van der Waals surface area contributed by atoms with Gasteiger partial charge in [-0.05, 0) is 37.2 Å². The zero-order valence-electron chi connectivity index (χ0n) is 11.4. The molecule has 0 atom stereocenters. The van der Waals surface area contributed by atoms with Gasteiger partial charge in [-0.25, -0.2) is 0 Å². The van der Waals surface area contributed by atoms with Crippen molar-refractivity contribution in [1.29, 1.82) is 0 Å². The van der Waals surface area contributed by atoms with E-state index >= 15 is 0 Å². The molecule has 1 rings (SSSR count). The number of nitrogens with zero attached hydrogens (tertiary/aromatic N) is 1. The fourth-order valence-corrected chi connectivity index (χ4v) is 1.56. The smallest absolute Gasteiger partial charge is 0.389 e. The van der Waals surface area contributed by atoms with Crippen LogP contribution in [0.1, 0.15) is 18.4 Å². The lowest BCUT2D eigenvalue weighted by atomic mass is 10.2. The number of oxime groups is 1. The second-order valence-electron chi connectivity index (χ2n) is 4.33. The van der Waals surface area contributed by atoms with Crippen LogP contribution < -0.4 is 15.8 Å². The van der Waals surface area contributed by atoms with Crippen molar-refractivity contribution in [3.8, 4) is 5.75 Å². The minimum absolute atomic E-state index is 0.00730. The van der Waals surface area contributed by atoms with Crippen molar-refractivity contribution < 1.29 is 23.1 Å². The molecule has 0 radical (unpaired) electrons. The van der Waals surface area contributed by atoms with Crippen LogP contribution in [-0.2, 0) is 0 Å². The minimum atomic E-state index is -4.10. The molecule has 5 nitrogen and oxygen atoms in total. The van der Waals surface area contributed by atoms with Gasteiger partial charge in [0.15, 0.2) is 5.84 Å². The molecule has 0 heterocycles. The molecule has 1 aromatic carbocycles. The molecule has 0 aliphatic carbocycles. The number of alkyl halides is 3. The lowest BCUT2D eigenvalue weighted by Crippen LogP contribution is -2.23. The van der Waals surface area contributed by atoms with E-state index in [1.165, 1.54) is 0 Å². The van der Waals surface area contributed by atoms with Gasteiger partial charge in [0.25, 0.3) is 0 Å². The van der Waals surface area contributed by atoms with Gasteiger partial charge in [0.05, 0.1) is 0 Å². The highest BCUT2D eigenvalue weighted by atomic mass is 19.4. The average Bonchev–Trinajstić information content (AvgIpc) is 2.45. The highest BCUT2D eigenvalue weighted by molar-refractivity contribution is 5.97. The topological polar surface area (TPSA) is 79.9 Å². The Balaban J connectivity index is 2.16. The summed E-state index contributed by atoms with van der Waals surface area (Å²) < 4.78 is 41.0. The minimum Gasteiger partial charge on any atom is -0.492 e. The van der Waals surface area contributed by atoms with Crippen molar-refractivity contribution in [2.45, 2.75) is 19.0 Å². The summed E-state index contributed by atoms with van der Waals surface area (Å²) in [6, 6.07) is 6.61. The Morgan fingerprint density at radius 2 is 1.90 bits per heavy atom. The van der Waals surface area contributed by atoms with Crippen LogP contribution in [0.3, 0.4) is 0 Å². The van der Waals surface area contributed by atoms with Gasteiger partial charge < -0.3 is 21.0 Å². The van der Waals surface area contributed by atoms with Gasteiger partial charge in [-0.3, -0.25) is 0 Å². The number of nitrogens with one attached hydrogen (secondary N) is 1. The molecule has 0 fully saturated rings. The Morgan fingerprint density at radius 1 is 1.24 bits per heavy atom. The van der Waals surface area contributed by atoms with Crippen molar-refractivity contribution >= 4 is 5.84 Å². The Bertz CT molecular complexity index is 447. The second-order valence-corrected chi connectivity index (χ2v) is 4.33. The standard InChI is InChI=1S/C13H18F3N3O2/c14-13(15,16)6-1-7-18-8-9-21-11-4-2-10(3-5-11)12(17)19-20/h2-5,18,20H,1,6-9H2,(H2,17,19). The first-order valence-corrected chi connectivity index (χ1v) is 6.40. The fraction of sp³-hybridized carbons (Fsp3) is 0.462. The largest absolute Gasteiger partial charge is 0.492 e. The zero-order chi connectivity index (χ0) is 15.7. The summed E-state index contributed by atoms with van der Waals surface area (Å²) in [5, 5.41) is 14.2. The Kier molecular flexibility index (Phi) is 6.80. The van der Waals surface area contributed by atoms with E-state index in [4.69, 9.17) is 15.7 Å². The lowest BCUT2D eigenvalue weighted by molar-refractivity contribution is -0.135. The van der Waals surface area contributed by atoms with Gasteiger partial charge in [-0.2, -0.15) is 13.2 Å². The number of hydrogen-bond donors (Lipinski definition) is 3. The van der Waals surface area contributed by atoms with Crippen molar-refractivity contribution in [3.63, 3.8) is 0 Å². The third-order valence-corrected chi connectivity index (χ3v) is 2.62. The maximum Gasteiger partial charge on any atom is 0.389 e. The predicted octanol–water partition coefficient (Wildman–Crippen LogP) is 2.09. The molecule has 0 aliphatic heterocycles. The summed E-state index contributed by atoms with van der Waals surface area (Å²) in [5.74, 6) is 0.606. The third kappa shape index (κ3) is 7.40. The SMILES string of the molecule is N/C(=N/O)c1ccc(OCCNCCCC(F)(F)F)cc1. The average molecular weight is 305 g/mol. The molecule has 0 aliphatic rings. The van der Waals surface area contributed by atoms with Crippen molar-refractivity contribution in [2.75, 3.05) is 19.7 Å². The van der Waals surface area contributed by atoms with E-state index in [2.05, 4.69) is 10.5 Å². The van der Waals surface area contributed by atoms with Gasteiger partial charge >= 0.3 is 6.18 Å². The lowest BCUT2D eigenvalue weighted by Gasteiger charge is -2.09. The number of benzene rings is 1. The van der Waals surface area contributed by atoms with E-state index in [9.17, 15) is 13.2 Å². The number of rotatable bonds is 8. The number of ether oxygens (including phenoxy) is 1. The first-order valence-electron chi connectivity index (χ1n) is 6.40. The van der Waals surface area contributed by atoms with E-state index < -0.39 is 12.6 Å². The van der Waals surface area contributed by atoms with Gasteiger partial charge in [0.1, 0.15) is 12.4 Å². The Labute approximate surface area is 120 Å². The van der Waals surface area contributed by atoms with Crippen LogP contribution >= 0.6 is 0 Å². The van der Waals surface area contributed by atoms with E-state index in [1.807, 2.05) is 0 Å². The van der Waals surface area contributed by atoms with Crippen LogP contribution in [0.15, 0.2) is 29.4 Å². The van der Waals surface area contributed by atoms with Gasteiger partial charge in [0.2, 0.25) is 0 Å². The summed E-state index contributed by atoms with van der Waals surface area (Å²) in [4.78, 5) is 0. The molecule has 0 unspecified atom stereocenters. The Hall–Kier alpha value is -1.96. The summed E-state index contributed by atoms with van der Waals surface area (Å²) >= 11 is 0. The molecule has 1 aromatic rings. The molecule has 0 spiro atoms. The van der Waals surface area contributed by atoms with Crippen LogP contribution in [-0.4, -0.2) is 36.9 Å². The van der Waals surface area contributed by atoms with E-state index in [0.29, 0.717) is 31.0 Å². The molecule has 0 saturated heterocycles. The van der Waals surface area contributed by atoms with Gasteiger partial charge in [-0.15, -0.1) is 0 Å². The summed E-state index contributed by atoms with van der Waals surface area (Å²) in [5.41, 5.74) is 5.98. The fourth-order valence-electron chi connectivity index (χ4n) is 1.56. The van der Waals surface area contributed by atoms with Crippen LogP contribution in [0.2, 0.25) is 0 Å². The van der Waals surface area contributed by atoms with Crippen LogP contribution in [0.25, 0.3) is 0 Å². The second kappa shape index (κ2) is 8.35. The van der Waals surface area contributed by atoms with E-state index in [0.717, 1.165) is 0 Å². The molecule has 0 amide bonds. The normalized spacial score (nSPS) is 12.4. The van der Waals surface area contributed by atoms with E-state index in [1.54, 1.807) is 24.3 Å². The summed E-state index contributed by atoms with van der Waals surface area (Å²) in [6.07, 6.45) is -4.83. The predicted molar refractivity (Wildman–Crippen MR) is 72.6 cm³/mol. The van der Waals surface area contributed by atoms with Gasteiger partial charge in [0, 0.05) is 18.5 Å². The van der Waals surface area contributed by atoms with Crippen molar-refractivity contribution in [2.24, 2.45) is 10.9 Å². The molecule has 0 bridgehead atoms. The third-order valence-electron chi connectivity index (χ3n) is 2.62. The maximum atomic E-state index is 11.9. The van der Waals surface area contributed by atoms with Crippen LogP contribution in [0.4, 0.5) is 13.2 Å². The monoisotopic (exact) mass is 305 g/mol. The van der Waals surface area contributed by atoms with Crippen molar-refractivity contribution in [1.82, 2.24) is 5.32 Å². The molecule has 21 heavy (non-hydrogen) atoms. The Morgan fingerprint density at radius 3 is 2.48 bits per heavy atom. The number of amidine groups is 1. The van der Waals surface area contributed by atoms with Crippen LogP contribution in [0.5, 0.6) is 5.75 Å². The molecule has 118 valence electrons. The highest BCUT2D eigenvalue weighted by Gasteiger charge is 2.25. The highest BCUT2D eigenvalue weighted by Crippen LogP contribution is 2.20.